The van der Waals surface area contributed by atoms with Crippen molar-refractivity contribution in [2.45, 2.75) is 323 Å². The molecule has 0 aromatic heterocycles. The SMILES string of the molecule is CC(=O)N[C@H]1[C@H](O[C@H]2[C@@H](OC(C)=O)[C@@H](COC(C)=O)O[C@@H](O[C@H]3[C@H](OC(C)=O)[C@@H](NC(C)=O)[C@H](O[C@H]4[C@@H](OC(C)=O)[C@@H](COC(C)=O)O[C@@H](O[C@H]5[C@H](OC(C)=O)[C@@H](OC(C)=O)C(OC(C)=O)O[C@@H]5COC(C)=O)[C@@H]4OC(C)=O)O[C@@H]3COC(C)=O)[C@@H]2OC(C)=O)O[C@H](COC(C)=O)[C@@H](O[C@@H]2O[C@H](COC(C)=O)[C@H](OC(C)=O)[C@H](OC(C)=O)[C@H]2OC(C)=O)[C@@H]1OC(C)=O. The third kappa shape index (κ3) is 31.7. The summed E-state index contributed by atoms with van der Waals surface area (Å²) in [6, 6.07) is -4.24. The van der Waals surface area contributed by atoms with Crippen LogP contribution in [0.3, 0.4) is 0 Å². The number of carbonyl (C=O) groups excluding carboxylic acids is 20. The van der Waals surface area contributed by atoms with Crippen molar-refractivity contribution in [1.82, 2.24) is 10.6 Å². The Morgan fingerprint density at radius 2 is 0.339 bits per heavy atom. The monoisotopic (exact) mass is 1830 g/mol. The molecule has 51 heteroatoms. The lowest BCUT2D eigenvalue weighted by atomic mass is 9.93. The lowest BCUT2D eigenvalue weighted by Crippen LogP contribution is -2.72. The van der Waals surface area contributed by atoms with Gasteiger partial charge in [-0.3, -0.25) is 95.9 Å². The summed E-state index contributed by atoms with van der Waals surface area (Å²) < 4.78 is 173. The van der Waals surface area contributed by atoms with Gasteiger partial charge in [0.15, 0.2) is 92.5 Å². The van der Waals surface area contributed by atoms with E-state index >= 15 is 0 Å². The van der Waals surface area contributed by atoms with Crippen LogP contribution in [0.25, 0.3) is 0 Å². The van der Waals surface area contributed by atoms with Crippen molar-refractivity contribution in [3.63, 3.8) is 0 Å². The van der Waals surface area contributed by atoms with Gasteiger partial charge in [0.25, 0.3) is 0 Å². The van der Waals surface area contributed by atoms with E-state index in [1.54, 1.807) is 0 Å². The van der Waals surface area contributed by atoms with E-state index < -0.39 is 343 Å². The third-order valence-corrected chi connectivity index (χ3v) is 18.2. The van der Waals surface area contributed by atoms with Crippen LogP contribution in [0.2, 0.25) is 0 Å². The number of rotatable bonds is 36. The molecule has 712 valence electrons. The largest absolute Gasteiger partial charge is 0.463 e. The Bertz CT molecular complexity index is 3980. The van der Waals surface area contributed by atoms with Crippen LogP contribution in [-0.4, -0.2) is 343 Å². The number of hydrogen-bond donors (Lipinski definition) is 2. The molecule has 6 aliphatic rings. The predicted octanol–water partition coefficient (Wildman–Crippen LogP) is -3.54. The zero-order valence-corrected chi connectivity index (χ0v) is 72.6. The Hall–Kier alpha value is -11.0. The molecule has 6 aliphatic heterocycles. The molecule has 0 aliphatic carbocycles. The van der Waals surface area contributed by atoms with Gasteiger partial charge < -0.3 is 148 Å². The highest BCUT2D eigenvalue weighted by atomic mass is 16.8. The summed E-state index contributed by atoms with van der Waals surface area (Å²) >= 11 is 0. The van der Waals surface area contributed by atoms with Crippen LogP contribution in [0.15, 0.2) is 0 Å². The van der Waals surface area contributed by atoms with E-state index in [1.165, 1.54) is 0 Å². The normalized spacial score (nSPS) is 32.6. The van der Waals surface area contributed by atoms with Gasteiger partial charge in [0.1, 0.15) is 119 Å². The summed E-state index contributed by atoms with van der Waals surface area (Å²) in [7, 11) is 0. The Morgan fingerprint density at radius 1 is 0.173 bits per heavy atom. The van der Waals surface area contributed by atoms with Crippen LogP contribution >= 0.6 is 0 Å². The molecule has 0 bridgehead atoms. The van der Waals surface area contributed by atoms with E-state index in [1.807, 2.05) is 0 Å². The zero-order chi connectivity index (χ0) is 95.0. The molecule has 2 N–H and O–H groups in total. The summed E-state index contributed by atoms with van der Waals surface area (Å²) in [6.07, 6.45) is -59.4. The molecule has 6 fully saturated rings. The molecule has 30 atom stereocenters. The summed E-state index contributed by atoms with van der Waals surface area (Å²) in [4.78, 5) is 265. The van der Waals surface area contributed by atoms with Gasteiger partial charge in [-0.25, -0.2) is 0 Å². The van der Waals surface area contributed by atoms with Gasteiger partial charge in [-0.1, -0.05) is 0 Å². The molecule has 127 heavy (non-hydrogen) atoms. The van der Waals surface area contributed by atoms with Crippen molar-refractivity contribution in [3.05, 3.63) is 0 Å². The van der Waals surface area contributed by atoms with Gasteiger partial charge in [-0.2, -0.15) is 0 Å². The number of ether oxygens (including phenoxy) is 29. The molecule has 0 saturated carbocycles. The number of hydrogen-bond acceptors (Lipinski definition) is 49. The topological polar surface area (TPSA) is 633 Å². The van der Waals surface area contributed by atoms with Crippen LogP contribution in [-0.2, 0) is 233 Å². The smallest absolute Gasteiger partial charge is 0.305 e. The summed E-state index contributed by atoms with van der Waals surface area (Å²) in [6.45, 7) is 12.1. The maximum absolute atomic E-state index is 14.0. The summed E-state index contributed by atoms with van der Waals surface area (Å²) in [5, 5.41) is 5.00. The zero-order valence-electron chi connectivity index (χ0n) is 72.6. The van der Waals surface area contributed by atoms with Crippen LogP contribution in [0, 0.1) is 0 Å². The minimum absolute atomic E-state index is 0.806. The first-order valence-electron chi connectivity index (χ1n) is 39.0. The van der Waals surface area contributed by atoms with Crippen LogP contribution in [0.4, 0.5) is 0 Å². The highest BCUT2D eigenvalue weighted by molar-refractivity contribution is 5.76. The van der Waals surface area contributed by atoms with E-state index in [4.69, 9.17) is 137 Å². The van der Waals surface area contributed by atoms with Gasteiger partial charge in [0.05, 0.1) is 0 Å². The quantitative estimate of drug-likeness (QED) is 0.0453. The highest BCUT2D eigenvalue weighted by Crippen LogP contribution is 2.43. The maximum Gasteiger partial charge on any atom is 0.305 e. The molecule has 0 radical (unpaired) electrons. The fraction of sp³-hybridized carbons (Fsp3) is 0.737. The molecular formula is C76H104N2O49. The second-order valence-electron chi connectivity index (χ2n) is 29.0. The second-order valence-corrected chi connectivity index (χ2v) is 29.0. The van der Waals surface area contributed by atoms with Gasteiger partial charge in [0, 0.05) is 138 Å². The van der Waals surface area contributed by atoms with Crippen molar-refractivity contribution < 1.29 is 233 Å². The first kappa shape index (κ1) is 105. The van der Waals surface area contributed by atoms with E-state index in [9.17, 15) is 95.9 Å². The van der Waals surface area contributed by atoms with E-state index in [0.717, 1.165) is 138 Å². The average molecular weight is 1830 g/mol. The molecule has 0 spiro atoms. The van der Waals surface area contributed by atoms with Gasteiger partial charge in [0.2, 0.25) is 24.2 Å². The number of carbonyl (C=O) groups is 20. The molecular weight excluding hydrogens is 1720 g/mol. The predicted molar refractivity (Wildman–Crippen MR) is 394 cm³/mol. The Labute approximate surface area is 723 Å². The Morgan fingerprint density at radius 3 is 0.575 bits per heavy atom. The molecule has 2 amide bonds. The summed E-state index contributed by atoms with van der Waals surface area (Å²) in [5.41, 5.74) is 0. The minimum atomic E-state index is -2.46. The third-order valence-electron chi connectivity index (χ3n) is 18.2. The second kappa shape index (κ2) is 48.2. The molecule has 1 unspecified atom stereocenters. The fourth-order valence-electron chi connectivity index (χ4n) is 14.1. The summed E-state index contributed by atoms with van der Waals surface area (Å²) in [5.74, 6) is -22.3. The maximum atomic E-state index is 14.0. The Kier molecular flexibility index (Phi) is 39.8. The van der Waals surface area contributed by atoms with Gasteiger partial charge in [-0.15, -0.1) is 0 Å². The van der Waals surface area contributed by atoms with Crippen molar-refractivity contribution in [2.24, 2.45) is 0 Å². The molecule has 0 aromatic carbocycles. The van der Waals surface area contributed by atoms with E-state index in [2.05, 4.69) is 10.6 Å². The van der Waals surface area contributed by atoms with Crippen LogP contribution < -0.4 is 10.6 Å². The molecule has 6 rings (SSSR count). The standard InChI is InChI=1S/C76H104N2O49/c1-27(79)77-53-61(108-38(12)90)55(123-74-68(113-43(17)95)63(110-40(14)92)57(105-35(9)87)49(120-74)23-101-31(5)83)47(21-99-29(3)81)117-71(53)126-65-58(106-36(10)88)50(24-102-32(6)84)121-75(69(65)114-44(18)96)124-56-48(22-100-30(4)82)118-72(54(78-28(2)80)62(56)109-39(13)91)127-66-59(107-37(11)89)51(25-103-33(7)85)122-76(70(66)115-45(19)97)125-60-52(26-104-34(8)86)119-73(116-46(20)98)67(112-42(16)94)64(60)111-41(15)93/h47-76H,21-26H2,1-20H3,(H,77,79)(H,78,80)/t47-,48-,49-,50-,51-,52-,53-,54-,55-,56-,57+,58+,59+,60-,61-,62-,63+,64+,65+,66+,67-,68-,69-,70-,71+,72+,73?,74+,75+,76+/m1/s1. The Balaban J connectivity index is 1.62. The van der Waals surface area contributed by atoms with Crippen molar-refractivity contribution in [3.8, 4) is 0 Å². The van der Waals surface area contributed by atoms with Gasteiger partial charge >= 0.3 is 107 Å². The lowest BCUT2D eigenvalue weighted by molar-refractivity contribution is -0.387. The van der Waals surface area contributed by atoms with Crippen molar-refractivity contribution in [2.75, 3.05) is 39.6 Å². The minimum Gasteiger partial charge on any atom is -0.463 e. The number of amides is 2. The molecule has 6 saturated heterocycles. The first-order chi connectivity index (χ1) is 59.4. The number of nitrogens with one attached hydrogen (secondary N) is 2. The van der Waals surface area contributed by atoms with Crippen LogP contribution in [0.1, 0.15) is 138 Å². The number of esters is 18. The lowest BCUT2D eigenvalue weighted by Gasteiger charge is -2.52. The highest BCUT2D eigenvalue weighted by Gasteiger charge is 2.64. The average Bonchev–Trinajstić information content (AvgIpc) is 0.753. The van der Waals surface area contributed by atoms with Gasteiger partial charge in [-0.05, 0) is 0 Å². The molecule has 51 nitrogen and oxygen atoms in total. The van der Waals surface area contributed by atoms with Crippen molar-refractivity contribution in [1.29, 1.82) is 0 Å². The fourth-order valence-corrected chi connectivity index (χ4v) is 14.1. The van der Waals surface area contributed by atoms with E-state index in [-0.39, 0.29) is 0 Å². The van der Waals surface area contributed by atoms with Crippen LogP contribution in [0.5, 0.6) is 0 Å². The van der Waals surface area contributed by atoms with E-state index in [0.29, 0.717) is 0 Å². The molecule has 6 heterocycles. The van der Waals surface area contributed by atoms with Crippen molar-refractivity contribution >= 4 is 119 Å². The first-order valence-corrected chi connectivity index (χ1v) is 39.0. The molecule has 0 aromatic rings.